The maximum atomic E-state index is 12.6. The third kappa shape index (κ3) is 8.16. The van der Waals surface area contributed by atoms with Crippen molar-refractivity contribution in [2.24, 2.45) is 4.99 Å². The standard InChI is InChI=1S/C20H29F3N4O4/c1-3-24-18(26-15-8-10-27(11-9-15)19(29)30-2)25-12-16(28)13-31-17-6-4-14(5-7-17)20(21,22)23/h4-7,15-16,28H,3,8-13H2,1-2H3,(H2,24,25,26). The highest BCUT2D eigenvalue weighted by Gasteiger charge is 2.30. The molecule has 1 amide bonds. The summed E-state index contributed by atoms with van der Waals surface area (Å²) in [5, 5.41) is 16.5. The number of alkyl halides is 3. The molecule has 1 heterocycles. The van der Waals surface area contributed by atoms with Crippen molar-refractivity contribution in [3.05, 3.63) is 29.8 Å². The topological polar surface area (TPSA) is 95.4 Å². The Morgan fingerprint density at radius 1 is 1.29 bits per heavy atom. The van der Waals surface area contributed by atoms with Crippen LogP contribution < -0.4 is 15.4 Å². The normalized spacial score (nSPS) is 16.6. The molecule has 174 valence electrons. The number of nitrogens with zero attached hydrogens (tertiary/aromatic N) is 2. The molecule has 1 aromatic carbocycles. The number of carbonyl (C=O) groups excluding carboxylic acids is 1. The lowest BCUT2D eigenvalue weighted by atomic mass is 10.1. The van der Waals surface area contributed by atoms with E-state index in [1.165, 1.54) is 19.2 Å². The van der Waals surface area contributed by atoms with Crippen molar-refractivity contribution in [2.75, 3.05) is 39.9 Å². The van der Waals surface area contributed by atoms with Gasteiger partial charge in [-0.15, -0.1) is 0 Å². The number of hydrogen-bond donors (Lipinski definition) is 3. The van der Waals surface area contributed by atoms with Crippen molar-refractivity contribution in [2.45, 2.75) is 38.1 Å². The molecule has 1 atom stereocenters. The summed E-state index contributed by atoms with van der Waals surface area (Å²) in [6.45, 7) is 3.65. The maximum absolute atomic E-state index is 12.6. The van der Waals surface area contributed by atoms with Gasteiger partial charge in [-0.3, -0.25) is 4.99 Å². The molecule has 0 radical (unpaired) electrons. The van der Waals surface area contributed by atoms with Gasteiger partial charge in [0.25, 0.3) is 0 Å². The number of nitrogens with one attached hydrogen (secondary N) is 2. The fourth-order valence-corrected chi connectivity index (χ4v) is 3.03. The van der Waals surface area contributed by atoms with Crippen LogP contribution in [-0.2, 0) is 10.9 Å². The third-order valence-corrected chi connectivity index (χ3v) is 4.70. The highest BCUT2D eigenvalue weighted by molar-refractivity contribution is 5.80. The number of hydrogen-bond acceptors (Lipinski definition) is 5. The van der Waals surface area contributed by atoms with E-state index in [1.54, 1.807) is 4.90 Å². The summed E-state index contributed by atoms with van der Waals surface area (Å²) in [6, 6.07) is 4.41. The fraction of sp³-hybridized carbons (Fsp3) is 0.600. The number of aliphatic hydroxyl groups excluding tert-OH is 1. The van der Waals surface area contributed by atoms with Crippen molar-refractivity contribution >= 4 is 12.1 Å². The average molecular weight is 446 g/mol. The smallest absolute Gasteiger partial charge is 0.416 e. The van der Waals surface area contributed by atoms with E-state index in [-0.39, 0.29) is 31.0 Å². The largest absolute Gasteiger partial charge is 0.491 e. The molecule has 2 rings (SSSR count). The minimum absolute atomic E-state index is 0.0526. The third-order valence-electron chi connectivity index (χ3n) is 4.70. The van der Waals surface area contributed by atoms with Crippen LogP contribution in [-0.4, -0.2) is 74.1 Å². The van der Waals surface area contributed by atoms with Crippen LogP contribution in [0.25, 0.3) is 0 Å². The monoisotopic (exact) mass is 446 g/mol. The summed E-state index contributed by atoms with van der Waals surface area (Å²) >= 11 is 0. The van der Waals surface area contributed by atoms with E-state index in [0.29, 0.717) is 25.6 Å². The van der Waals surface area contributed by atoms with Crippen LogP contribution in [0.5, 0.6) is 5.75 Å². The van der Waals surface area contributed by atoms with E-state index in [1.807, 2.05) is 6.92 Å². The van der Waals surface area contributed by atoms with Gasteiger partial charge in [0.1, 0.15) is 18.5 Å². The molecular weight excluding hydrogens is 417 g/mol. The summed E-state index contributed by atoms with van der Waals surface area (Å²) in [4.78, 5) is 17.5. The number of piperidine rings is 1. The number of benzene rings is 1. The van der Waals surface area contributed by atoms with Crippen LogP contribution in [0.4, 0.5) is 18.0 Å². The molecule has 1 aliphatic heterocycles. The number of methoxy groups -OCH3 is 1. The molecule has 1 unspecified atom stereocenters. The molecule has 0 saturated carbocycles. The van der Waals surface area contributed by atoms with Gasteiger partial charge in [0.2, 0.25) is 0 Å². The molecule has 1 saturated heterocycles. The lowest BCUT2D eigenvalue weighted by Gasteiger charge is -2.32. The Morgan fingerprint density at radius 3 is 2.48 bits per heavy atom. The summed E-state index contributed by atoms with van der Waals surface area (Å²) in [6.07, 6.45) is -4.20. The van der Waals surface area contributed by atoms with Crippen molar-refractivity contribution in [3.63, 3.8) is 0 Å². The van der Waals surface area contributed by atoms with Crippen LogP contribution >= 0.6 is 0 Å². The molecule has 1 fully saturated rings. The van der Waals surface area contributed by atoms with Crippen molar-refractivity contribution in [1.29, 1.82) is 0 Å². The number of amides is 1. The van der Waals surface area contributed by atoms with Gasteiger partial charge in [-0.1, -0.05) is 0 Å². The first-order chi connectivity index (χ1) is 14.7. The predicted octanol–water partition coefficient (Wildman–Crippen LogP) is 2.23. The first-order valence-corrected chi connectivity index (χ1v) is 10.1. The number of aliphatic hydroxyl groups is 1. The Balaban J connectivity index is 1.80. The Morgan fingerprint density at radius 2 is 1.94 bits per heavy atom. The highest BCUT2D eigenvalue weighted by Crippen LogP contribution is 2.30. The minimum atomic E-state index is -4.40. The van der Waals surface area contributed by atoms with Crippen LogP contribution in [0.1, 0.15) is 25.3 Å². The first kappa shape index (κ1) is 24.6. The highest BCUT2D eigenvalue weighted by atomic mass is 19.4. The quantitative estimate of drug-likeness (QED) is 0.439. The van der Waals surface area contributed by atoms with Crippen molar-refractivity contribution in [1.82, 2.24) is 15.5 Å². The second-order valence-electron chi connectivity index (χ2n) is 7.08. The van der Waals surface area contributed by atoms with Crippen LogP contribution in [0.2, 0.25) is 0 Å². The number of guanidine groups is 1. The Kier molecular flexibility index (Phi) is 9.22. The van der Waals surface area contributed by atoms with Gasteiger partial charge in [-0.05, 0) is 44.0 Å². The summed E-state index contributed by atoms with van der Waals surface area (Å²) in [5.74, 6) is 0.769. The Bertz CT molecular complexity index is 720. The first-order valence-electron chi connectivity index (χ1n) is 10.1. The maximum Gasteiger partial charge on any atom is 0.416 e. The van der Waals surface area contributed by atoms with Crippen molar-refractivity contribution < 1.29 is 32.5 Å². The van der Waals surface area contributed by atoms with E-state index in [0.717, 1.165) is 25.0 Å². The van der Waals surface area contributed by atoms with Crippen LogP contribution in [0.3, 0.4) is 0 Å². The number of halogens is 3. The number of aliphatic imine (C=N–C) groups is 1. The summed E-state index contributed by atoms with van der Waals surface area (Å²) in [7, 11) is 1.36. The molecule has 0 aromatic heterocycles. The molecule has 0 aliphatic carbocycles. The SMILES string of the molecule is CCNC(=NCC(O)COc1ccc(C(F)(F)F)cc1)NC1CCN(C(=O)OC)CC1. The average Bonchev–Trinajstić information content (AvgIpc) is 2.76. The van der Waals surface area contributed by atoms with Gasteiger partial charge in [0.05, 0.1) is 19.2 Å². The molecular formula is C20H29F3N4O4. The lowest BCUT2D eigenvalue weighted by molar-refractivity contribution is -0.137. The molecule has 1 aromatic rings. The van der Waals surface area contributed by atoms with Gasteiger partial charge in [0, 0.05) is 25.7 Å². The molecule has 8 nitrogen and oxygen atoms in total. The van der Waals surface area contributed by atoms with E-state index >= 15 is 0 Å². The molecule has 11 heteroatoms. The van der Waals surface area contributed by atoms with Crippen LogP contribution in [0.15, 0.2) is 29.3 Å². The van der Waals surface area contributed by atoms with E-state index in [2.05, 4.69) is 15.6 Å². The van der Waals surface area contributed by atoms with E-state index < -0.39 is 17.8 Å². The zero-order valence-electron chi connectivity index (χ0n) is 17.6. The van der Waals surface area contributed by atoms with Gasteiger partial charge in [-0.25, -0.2) is 4.79 Å². The Hall–Kier alpha value is -2.69. The van der Waals surface area contributed by atoms with Crippen molar-refractivity contribution in [3.8, 4) is 5.75 Å². The van der Waals surface area contributed by atoms with Crippen LogP contribution in [0, 0.1) is 0 Å². The Labute approximate surface area is 179 Å². The van der Waals surface area contributed by atoms with Gasteiger partial charge >= 0.3 is 12.3 Å². The minimum Gasteiger partial charge on any atom is -0.491 e. The molecule has 1 aliphatic rings. The number of likely N-dealkylation sites (tertiary alicyclic amines) is 1. The number of carbonyl (C=O) groups is 1. The van der Waals surface area contributed by atoms with E-state index in [9.17, 15) is 23.1 Å². The molecule has 3 N–H and O–H groups in total. The molecule has 0 bridgehead atoms. The second-order valence-corrected chi connectivity index (χ2v) is 7.08. The summed E-state index contributed by atoms with van der Waals surface area (Å²) < 4.78 is 47.8. The lowest BCUT2D eigenvalue weighted by Crippen LogP contribution is -2.50. The number of rotatable bonds is 7. The number of ether oxygens (including phenoxy) is 2. The zero-order chi connectivity index (χ0) is 22.9. The summed E-state index contributed by atoms with van der Waals surface area (Å²) in [5.41, 5.74) is -0.760. The fourth-order valence-electron chi connectivity index (χ4n) is 3.03. The second kappa shape index (κ2) is 11.6. The van der Waals surface area contributed by atoms with Gasteiger partial charge < -0.3 is 30.1 Å². The van der Waals surface area contributed by atoms with Gasteiger partial charge in [0.15, 0.2) is 5.96 Å². The molecule has 31 heavy (non-hydrogen) atoms. The zero-order valence-corrected chi connectivity index (χ0v) is 17.6. The predicted molar refractivity (Wildman–Crippen MR) is 109 cm³/mol. The van der Waals surface area contributed by atoms with E-state index in [4.69, 9.17) is 9.47 Å². The molecule has 0 spiro atoms. The van der Waals surface area contributed by atoms with Gasteiger partial charge in [-0.2, -0.15) is 13.2 Å².